The van der Waals surface area contributed by atoms with Crippen molar-refractivity contribution in [3.63, 3.8) is 0 Å². The van der Waals surface area contributed by atoms with E-state index in [0.29, 0.717) is 0 Å². The predicted molar refractivity (Wildman–Crippen MR) is 113 cm³/mol. The Balaban J connectivity index is 1.73. The van der Waals surface area contributed by atoms with E-state index < -0.39 is 0 Å². The van der Waals surface area contributed by atoms with Crippen LogP contribution in [0.3, 0.4) is 0 Å². The molecule has 1 atom stereocenters. The van der Waals surface area contributed by atoms with E-state index in [9.17, 15) is 0 Å². The van der Waals surface area contributed by atoms with Crippen LogP contribution in [0.25, 0.3) is 10.1 Å². The summed E-state index contributed by atoms with van der Waals surface area (Å²) in [6.07, 6.45) is 0. The maximum absolute atomic E-state index is 5.81. The van der Waals surface area contributed by atoms with E-state index in [-0.39, 0.29) is 6.04 Å². The van der Waals surface area contributed by atoms with E-state index in [1.807, 2.05) is 23.5 Å². The fourth-order valence-corrected chi connectivity index (χ4v) is 4.54. The third kappa shape index (κ3) is 3.36. The number of fused-ring (bicyclic) bond motifs is 1. The van der Waals surface area contributed by atoms with E-state index in [4.69, 9.17) is 5.73 Å². The number of rotatable bonds is 5. The van der Waals surface area contributed by atoms with Gasteiger partial charge in [0.2, 0.25) is 0 Å². The molecule has 0 aliphatic carbocycles. The minimum Gasteiger partial charge on any atom is -0.399 e. The number of anilines is 1. The number of hydrogen-bond donors (Lipinski definition) is 2. The van der Waals surface area contributed by atoms with Crippen LogP contribution in [0.4, 0.5) is 5.69 Å². The van der Waals surface area contributed by atoms with Crippen LogP contribution in [0.1, 0.15) is 27.6 Å². The van der Waals surface area contributed by atoms with Gasteiger partial charge in [-0.05, 0) is 47.2 Å². The molecule has 0 spiro atoms. The van der Waals surface area contributed by atoms with Gasteiger partial charge in [0.25, 0.3) is 0 Å². The van der Waals surface area contributed by atoms with Crippen molar-refractivity contribution in [3.8, 4) is 0 Å². The van der Waals surface area contributed by atoms with Crippen LogP contribution in [0.15, 0.2) is 78.9 Å². The molecule has 0 radical (unpaired) electrons. The van der Waals surface area contributed by atoms with Crippen molar-refractivity contribution in [3.05, 3.63) is 100 Å². The van der Waals surface area contributed by atoms with Crippen molar-refractivity contribution in [1.29, 1.82) is 0 Å². The Bertz CT molecular complexity index is 1000. The largest absolute Gasteiger partial charge is 0.399 e. The molecule has 0 amide bonds. The van der Waals surface area contributed by atoms with Gasteiger partial charge in [0, 0.05) is 21.8 Å². The highest BCUT2D eigenvalue weighted by Gasteiger charge is 2.20. The summed E-state index contributed by atoms with van der Waals surface area (Å²) in [5.41, 5.74) is 10.5. The second-order valence-corrected chi connectivity index (χ2v) is 7.79. The smallest absolute Gasteiger partial charge is 0.0596 e. The minimum atomic E-state index is 0.157. The number of nitrogens with one attached hydrogen (secondary N) is 1. The highest BCUT2D eigenvalue weighted by atomic mass is 32.1. The van der Waals surface area contributed by atoms with Crippen LogP contribution in [0.5, 0.6) is 0 Å². The average Bonchev–Trinajstić information content (AvgIpc) is 3.00. The SMILES string of the molecule is Cc1sc2ccccc2c1C(NCc1ccc(N)cc1)c1ccccc1. The molecular formula is C23H22N2S. The fraction of sp³-hybridized carbons (Fsp3) is 0.130. The van der Waals surface area contributed by atoms with Crippen molar-refractivity contribution in [1.82, 2.24) is 5.32 Å². The fourth-order valence-electron chi connectivity index (χ4n) is 3.43. The van der Waals surface area contributed by atoms with Gasteiger partial charge < -0.3 is 11.1 Å². The van der Waals surface area contributed by atoms with Gasteiger partial charge in [0.05, 0.1) is 6.04 Å². The summed E-state index contributed by atoms with van der Waals surface area (Å²) < 4.78 is 1.34. The molecule has 3 N–H and O–H groups in total. The zero-order valence-electron chi connectivity index (χ0n) is 14.8. The molecular weight excluding hydrogens is 336 g/mol. The molecule has 4 rings (SSSR count). The number of nitrogens with two attached hydrogens (primary N) is 1. The average molecular weight is 359 g/mol. The summed E-state index contributed by atoms with van der Waals surface area (Å²) in [6, 6.07) is 27.6. The van der Waals surface area contributed by atoms with Gasteiger partial charge in [-0.3, -0.25) is 0 Å². The Hall–Kier alpha value is -2.62. The van der Waals surface area contributed by atoms with Crippen LogP contribution >= 0.6 is 11.3 Å². The van der Waals surface area contributed by atoms with E-state index in [1.165, 1.54) is 31.7 Å². The Labute approximate surface area is 158 Å². The van der Waals surface area contributed by atoms with E-state index in [1.54, 1.807) is 0 Å². The van der Waals surface area contributed by atoms with Gasteiger partial charge in [-0.15, -0.1) is 11.3 Å². The summed E-state index contributed by atoms with van der Waals surface area (Å²) >= 11 is 1.87. The first-order valence-corrected chi connectivity index (χ1v) is 9.65. The van der Waals surface area contributed by atoms with Crippen LogP contribution in [0.2, 0.25) is 0 Å². The van der Waals surface area contributed by atoms with Gasteiger partial charge in [0.1, 0.15) is 0 Å². The third-order valence-electron chi connectivity index (χ3n) is 4.73. The van der Waals surface area contributed by atoms with Crippen molar-refractivity contribution in [2.45, 2.75) is 19.5 Å². The number of nitrogen functional groups attached to an aromatic ring is 1. The molecule has 0 fully saturated rings. The van der Waals surface area contributed by atoms with Crippen LogP contribution in [-0.4, -0.2) is 0 Å². The maximum atomic E-state index is 5.81. The van der Waals surface area contributed by atoms with Crippen molar-refractivity contribution < 1.29 is 0 Å². The predicted octanol–water partition coefficient (Wildman–Crippen LogP) is 5.67. The lowest BCUT2D eigenvalue weighted by molar-refractivity contribution is 0.608. The van der Waals surface area contributed by atoms with Crippen molar-refractivity contribution in [2.24, 2.45) is 0 Å². The molecule has 26 heavy (non-hydrogen) atoms. The molecule has 2 nitrogen and oxygen atoms in total. The lowest BCUT2D eigenvalue weighted by Gasteiger charge is -2.21. The van der Waals surface area contributed by atoms with Gasteiger partial charge >= 0.3 is 0 Å². The third-order valence-corrected chi connectivity index (χ3v) is 5.83. The first-order chi connectivity index (χ1) is 12.7. The summed E-state index contributed by atoms with van der Waals surface area (Å²) in [4.78, 5) is 1.37. The Morgan fingerprint density at radius 3 is 2.35 bits per heavy atom. The molecule has 3 aromatic carbocycles. The monoisotopic (exact) mass is 358 g/mol. The highest BCUT2D eigenvalue weighted by Crippen LogP contribution is 2.37. The molecule has 0 aliphatic rings. The molecule has 4 aromatic rings. The standard InChI is InChI=1S/C23H22N2S/c1-16-22(20-9-5-6-10-21(20)26-16)23(18-7-3-2-4-8-18)25-15-17-11-13-19(24)14-12-17/h2-14,23,25H,15,24H2,1H3. The molecule has 1 aromatic heterocycles. The molecule has 0 aliphatic heterocycles. The second kappa shape index (κ2) is 7.32. The van der Waals surface area contributed by atoms with Crippen molar-refractivity contribution >= 4 is 27.1 Å². The van der Waals surface area contributed by atoms with Crippen LogP contribution in [-0.2, 0) is 6.54 Å². The summed E-state index contributed by atoms with van der Waals surface area (Å²) in [5, 5.41) is 5.11. The summed E-state index contributed by atoms with van der Waals surface area (Å²) in [6.45, 7) is 3.02. The van der Waals surface area contributed by atoms with Crippen LogP contribution < -0.4 is 11.1 Å². The molecule has 3 heteroatoms. The summed E-state index contributed by atoms with van der Waals surface area (Å²) in [5.74, 6) is 0. The first kappa shape index (κ1) is 16.8. The van der Waals surface area contributed by atoms with Crippen molar-refractivity contribution in [2.75, 3.05) is 5.73 Å². The Kier molecular flexibility index (Phi) is 4.74. The number of aryl methyl sites for hydroxylation is 1. The molecule has 130 valence electrons. The first-order valence-electron chi connectivity index (χ1n) is 8.83. The molecule has 0 saturated heterocycles. The topological polar surface area (TPSA) is 38.0 Å². The normalized spacial score (nSPS) is 12.3. The maximum Gasteiger partial charge on any atom is 0.0596 e. The lowest BCUT2D eigenvalue weighted by Crippen LogP contribution is -2.22. The zero-order chi connectivity index (χ0) is 17.9. The van der Waals surface area contributed by atoms with E-state index in [0.717, 1.165) is 12.2 Å². The highest BCUT2D eigenvalue weighted by molar-refractivity contribution is 7.19. The minimum absolute atomic E-state index is 0.157. The molecule has 1 unspecified atom stereocenters. The van der Waals surface area contributed by atoms with Gasteiger partial charge in [-0.2, -0.15) is 0 Å². The van der Waals surface area contributed by atoms with E-state index >= 15 is 0 Å². The quantitative estimate of drug-likeness (QED) is 0.451. The van der Waals surface area contributed by atoms with Crippen LogP contribution in [0, 0.1) is 6.92 Å². The molecule has 0 bridgehead atoms. The van der Waals surface area contributed by atoms with Gasteiger partial charge in [-0.1, -0.05) is 60.7 Å². The number of benzene rings is 3. The van der Waals surface area contributed by atoms with E-state index in [2.05, 4.69) is 79.0 Å². The zero-order valence-corrected chi connectivity index (χ0v) is 15.6. The van der Waals surface area contributed by atoms with Gasteiger partial charge in [0.15, 0.2) is 0 Å². The molecule has 0 saturated carbocycles. The summed E-state index contributed by atoms with van der Waals surface area (Å²) in [7, 11) is 0. The molecule has 1 heterocycles. The second-order valence-electron chi connectivity index (χ2n) is 6.53. The Morgan fingerprint density at radius 1 is 0.885 bits per heavy atom. The Morgan fingerprint density at radius 2 is 1.58 bits per heavy atom. The number of hydrogen-bond acceptors (Lipinski definition) is 3. The van der Waals surface area contributed by atoms with Gasteiger partial charge in [-0.25, -0.2) is 0 Å². The number of thiophene rings is 1. The lowest BCUT2D eigenvalue weighted by atomic mass is 9.96.